The predicted octanol–water partition coefficient (Wildman–Crippen LogP) is 2.59. The van der Waals surface area contributed by atoms with Gasteiger partial charge in [0.05, 0.1) is 11.9 Å². The number of nitrogens with zero attached hydrogens (tertiary/aromatic N) is 2. The molecule has 0 bridgehead atoms. The van der Waals surface area contributed by atoms with Crippen LogP contribution in [0, 0.1) is 0 Å². The fourth-order valence-corrected chi connectivity index (χ4v) is 2.62. The SMILES string of the molecule is CCN(CC)c1ccc(C(=O)NCc2ccc3c(c2)OCO3)nc1. The summed E-state index contributed by atoms with van der Waals surface area (Å²) in [6.07, 6.45) is 1.74. The van der Waals surface area contributed by atoms with Crippen LogP contribution in [0.2, 0.25) is 0 Å². The van der Waals surface area contributed by atoms with Crippen molar-refractivity contribution >= 4 is 11.6 Å². The average molecular weight is 327 g/mol. The van der Waals surface area contributed by atoms with Crippen LogP contribution in [0.3, 0.4) is 0 Å². The lowest BCUT2D eigenvalue weighted by molar-refractivity contribution is 0.0946. The van der Waals surface area contributed by atoms with Crippen LogP contribution in [0.5, 0.6) is 11.5 Å². The number of fused-ring (bicyclic) bond motifs is 1. The van der Waals surface area contributed by atoms with Gasteiger partial charge in [0, 0.05) is 19.6 Å². The van der Waals surface area contributed by atoms with Crippen molar-refractivity contribution in [1.82, 2.24) is 10.3 Å². The first-order chi connectivity index (χ1) is 11.7. The second-order valence-corrected chi connectivity index (χ2v) is 5.44. The van der Waals surface area contributed by atoms with Gasteiger partial charge in [0.15, 0.2) is 11.5 Å². The molecule has 1 aliphatic rings. The Morgan fingerprint density at radius 3 is 2.67 bits per heavy atom. The van der Waals surface area contributed by atoms with Crippen LogP contribution in [0.1, 0.15) is 29.9 Å². The van der Waals surface area contributed by atoms with Crippen molar-refractivity contribution in [2.24, 2.45) is 0 Å². The first-order valence-corrected chi connectivity index (χ1v) is 8.09. The van der Waals surface area contributed by atoms with Gasteiger partial charge in [-0.05, 0) is 43.7 Å². The third kappa shape index (κ3) is 3.42. The first-order valence-electron chi connectivity index (χ1n) is 8.09. The zero-order chi connectivity index (χ0) is 16.9. The minimum absolute atomic E-state index is 0.196. The Hall–Kier alpha value is -2.76. The molecular weight excluding hydrogens is 306 g/mol. The number of pyridine rings is 1. The highest BCUT2D eigenvalue weighted by Gasteiger charge is 2.14. The number of rotatable bonds is 6. The Bertz CT molecular complexity index is 712. The van der Waals surface area contributed by atoms with Crippen molar-refractivity contribution in [3.8, 4) is 11.5 Å². The number of carbonyl (C=O) groups is 1. The summed E-state index contributed by atoms with van der Waals surface area (Å²) in [5.41, 5.74) is 2.38. The molecule has 0 spiro atoms. The smallest absolute Gasteiger partial charge is 0.270 e. The maximum absolute atomic E-state index is 12.2. The monoisotopic (exact) mass is 327 g/mol. The maximum Gasteiger partial charge on any atom is 0.270 e. The van der Waals surface area contributed by atoms with E-state index >= 15 is 0 Å². The molecule has 6 heteroatoms. The molecule has 0 aliphatic carbocycles. The van der Waals surface area contributed by atoms with E-state index in [1.54, 1.807) is 12.3 Å². The largest absolute Gasteiger partial charge is 0.454 e. The van der Waals surface area contributed by atoms with Gasteiger partial charge in [-0.2, -0.15) is 0 Å². The molecule has 0 saturated heterocycles. The molecule has 1 aromatic carbocycles. The third-order valence-corrected chi connectivity index (χ3v) is 4.00. The summed E-state index contributed by atoms with van der Waals surface area (Å²) in [7, 11) is 0. The highest BCUT2D eigenvalue weighted by atomic mass is 16.7. The fraction of sp³-hybridized carbons (Fsp3) is 0.333. The van der Waals surface area contributed by atoms with Gasteiger partial charge >= 0.3 is 0 Å². The molecule has 0 radical (unpaired) electrons. The van der Waals surface area contributed by atoms with E-state index in [1.807, 2.05) is 24.3 Å². The van der Waals surface area contributed by atoms with Crippen molar-refractivity contribution < 1.29 is 14.3 Å². The Morgan fingerprint density at radius 2 is 1.96 bits per heavy atom. The summed E-state index contributed by atoms with van der Waals surface area (Å²) in [4.78, 5) is 18.7. The van der Waals surface area contributed by atoms with Crippen LogP contribution in [-0.2, 0) is 6.54 Å². The second-order valence-electron chi connectivity index (χ2n) is 5.44. The van der Waals surface area contributed by atoms with Gasteiger partial charge < -0.3 is 19.7 Å². The summed E-state index contributed by atoms with van der Waals surface area (Å²) in [6.45, 7) is 6.66. The van der Waals surface area contributed by atoms with E-state index in [0.717, 1.165) is 30.1 Å². The Balaban J connectivity index is 1.60. The molecule has 0 unspecified atom stereocenters. The Labute approximate surface area is 141 Å². The summed E-state index contributed by atoms with van der Waals surface area (Å²) in [6, 6.07) is 9.31. The lowest BCUT2D eigenvalue weighted by Gasteiger charge is -2.20. The molecule has 0 atom stereocenters. The standard InChI is InChI=1S/C18H21N3O3/c1-3-21(4-2)14-6-7-15(19-11-14)18(22)20-10-13-5-8-16-17(9-13)24-12-23-16/h5-9,11H,3-4,10,12H2,1-2H3,(H,20,22). The fourth-order valence-electron chi connectivity index (χ4n) is 2.62. The van der Waals surface area contributed by atoms with E-state index in [9.17, 15) is 4.79 Å². The van der Waals surface area contributed by atoms with Crippen LogP contribution < -0.4 is 19.7 Å². The molecule has 6 nitrogen and oxygen atoms in total. The molecule has 0 saturated carbocycles. The number of benzene rings is 1. The zero-order valence-corrected chi connectivity index (χ0v) is 13.9. The van der Waals surface area contributed by atoms with Gasteiger partial charge in [-0.1, -0.05) is 6.07 Å². The highest BCUT2D eigenvalue weighted by Crippen LogP contribution is 2.32. The van der Waals surface area contributed by atoms with Gasteiger partial charge in [0.1, 0.15) is 5.69 Å². The van der Waals surface area contributed by atoms with Crippen molar-refractivity contribution in [3.05, 3.63) is 47.8 Å². The summed E-state index contributed by atoms with van der Waals surface area (Å²) in [5.74, 6) is 1.25. The summed E-state index contributed by atoms with van der Waals surface area (Å²) in [5, 5.41) is 2.87. The normalized spacial score (nSPS) is 12.1. The molecule has 3 rings (SSSR count). The number of carbonyl (C=O) groups excluding carboxylic acids is 1. The van der Waals surface area contributed by atoms with Crippen LogP contribution >= 0.6 is 0 Å². The van der Waals surface area contributed by atoms with Gasteiger partial charge in [-0.15, -0.1) is 0 Å². The maximum atomic E-state index is 12.2. The number of hydrogen-bond acceptors (Lipinski definition) is 5. The van der Waals surface area contributed by atoms with E-state index in [1.165, 1.54) is 0 Å². The molecule has 1 N–H and O–H groups in total. The lowest BCUT2D eigenvalue weighted by atomic mass is 10.2. The molecule has 2 heterocycles. The number of aromatic nitrogens is 1. The lowest BCUT2D eigenvalue weighted by Crippen LogP contribution is -2.25. The quantitative estimate of drug-likeness (QED) is 0.883. The summed E-state index contributed by atoms with van der Waals surface area (Å²) >= 11 is 0. The number of amides is 1. The van der Waals surface area contributed by atoms with Crippen molar-refractivity contribution in [3.63, 3.8) is 0 Å². The number of nitrogens with one attached hydrogen (secondary N) is 1. The van der Waals surface area contributed by atoms with Crippen molar-refractivity contribution in [2.75, 3.05) is 24.8 Å². The number of hydrogen-bond donors (Lipinski definition) is 1. The molecule has 1 amide bonds. The van der Waals surface area contributed by atoms with E-state index in [0.29, 0.717) is 18.0 Å². The van der Waals surface area contributed by atoms with E-state index in [4.69, 9.17) is 9.47 Å². The highest BCUT2D eigenvalue weighted by molar-refractivity contribution is 5.92. The van der Waals surface area contributed by atoms with Gasteiger partial charge in [0.2, 0.25) is 6.79 Å². The molecule has 1 aliphatic heterocycles. The molecule has 1 aromatic heterocycles. The van der Waals surface area contributed by atoms with Crippen LogP contribution in [0.15, 0.2) is 36.5 Å². The molecule has 24 heavy (non-hydrogen) atoms. The van der Waals surface area contributed by atoms with E-state index in [-0.39, 0.29) is 12.7 Å². The second kappa shape index (κ2) is 7.21. The van der Waals surface area contributed by atoms with Crippen molar-refractivity contribution in [2.45, 2.75) is 20.4 Å². The van der Waals surface area contributed by atoms with Crippen LogP contribution in [0.4, 0.5) is 5.69 Å². The molecule has 126 valence electrons. The topological polar surface area (TPSA) is 63.7 Å². The van der Waals surface area contributed by atoms with E-state index in [2.05, 4.69) is 29.0 Å². The number of ether oxygens (including phenoxy) is 2. The van der Waals surface area contributed by atoms with Gasteiger partial charge in [-0.25, -0.2) is 4.98 Å². The zero-order valence-electron chi connectivity index (χ0n) is 13.9. The Morgan fingerprint density at radius 1 is 1.17 bits per heavy atom. The van der Waals surface area contributed by atoms with Crippen molar-refractivity contribution in [1.29, 1.82) is 0 Å². The van der Waals surface area contributed by atoms with Crippen LogP contribution in [0.25, 0.3) is 0 Å². The third-order valence-electron chi connectivity index (χ3n) is 4.00. The molecule has 0 fully saturated rings. The minimum atomic E-state index is -0.196. The van der Waals surface area contributed by atoms with E-state index < -0.39 is 0 Å². The van der Waals surface area contributed by atoms with Crippen LogP contribution in [-0.4, -0.2) is 30.8 Å². The Kier molecular flexibility index (Phi) is 4.84. The van der Waals surface area contributed by atoms with Gasteiger partial charge in [0.25, 0.3) is 5.91 Å². The first kappa shape index (κ1) is 16.1. The number of anilines is 1. The van der Waals surface area contributed by atoms with Gasteiger partial charge in [-0.3, -0.25) is 4.79 Å². The molecular formula is C18H21N3O3. The average Bonchev–Trinajstić information content (AvgIpc) is 3.09. The predicted molar refractivity (Wildman–Crippen MR) is 91.5 cm³/mol. The summed E-state index contributed by atoms with van der Waals surface area (Å²) < 4.78 is 10.6. The minimum Gasteiger partial charge on any atom is -0.454 e. The molecule has 2 aromatic rings.